The van der Waals surface area contributed by atoms with Gasteiger partial charge in [-0.3, -0.25) is 9.48 Å². The first-order valence-electron chi connectivity index (χ1n) is 8.73. The fourth-order valence-corrected chi connectivity index (χ4v) is 3.90. The van der Waals surface area contributed by atoms with Gasteiger partial charge >= 0.3 is 0 Å². The summed E-state index contributed by atoms with van der Waals surface area (Å²) in [4.78, 5) is 14.5. The van der Waals surface area contributed by atoms with Gasteiger partial charge in [-0.25, -0.2) is 0 Å². The van der Waals surface area contributed by atoms with E-state index in [0.29, 0.717) is 24.2 Å². The molecule has 2 heterocycles. The zero-order chi connectivity index (χ0) is 15.5. The van der Waals surface area contributed by atoms with Crippen molar-refractivity contribution in [3.05, 3.63) is 18.0 Å². The Morgan fingerprint density at radius 3 is 2.50 bits per heavy atom. The highest BCUT2D eigenvalue weighted by molar-refractivity contribution is 5.85. The predicted octanol–water partition coefficient (Wildman–Crippen LogP) is 2.97. The van der Waals surface area contributed by atoms with E-state index in [-0.39, 0.29) is 30.9 Å². The Bertz CT molecular complexity index is 514. The van der Waals surface area contributed by atoms with E-state index in [1.54, 1.807) is 0 Å². The van der Waals surface area contributed by atoms with Crippen LogP contribution in [0, 0.1) is 5.92 Å². The molecule has 1 aliphatic heterocycles. The van der Waals surface area contributed by atoms with Crippen molar-refractivity contribution in [3.8, 4) is 0 Å². The third-order valence-corrected chi connectivity index (χ3v) is 5.45. The normalized spacial score (nSPS) is 24.3. The molecule has 1 aromatic rings. The highest BCUT2D eigenvalue weighted by Crippen LogP contribution is 2.30. The van der Waals surface area contributed by atoms with E-state index < -0.39 is 0 Å². The van der Waals surface area contributed by atoms with Gasteiger partial charge in [-0.1, -0.05) is 6.42 Å². The first-order valence-corrected chi connectivity index (χ1v) is 8.73. The Kier molecular flexibility index (Phi) is 8.54. The molecule has 1 saturated heterocycles. The number of aryl methyl sites for hydroxylation is 1. The summed E-state index contributed by atoms with van der Waals surface area (Å²) in [5, 5.41) is 4.36. The second-order valence-corrected chi connectivity index (χ2v) is 6.84. The Morgan fingerprint density at radius 1 is 1.25 bits per heavy atom. The molecule has 1 aliphatic carbocycles. The summed E-state index contributed by atoms with van der Waals surface area (Å²) in [5.74, 6) is 1.27. The number of rotatable bonds is 4. The van der Waals surface area contributed by atoms with Crippen molar-refractivity contribution in [1.29, 1.82) is 0 Å². The summed E-state index contributed by atoms with van der Waals surface area (Å²) in [5.41, 5.74) is 7.42. The van der Waals surface area contributed by atoms with Crippen LogP contribution in [0.4, 0.5) is 0 Å². The van der Waals surface area contributed by atoms with Gasteiger partial charge < -0.3 is 10.6 Å². The SMILES string of the molecule is CCn1cc(C2CCN(C(=O)C[C@@H]3CCC[C@H]3N)CC2)cn1.Cl.Cl. The third-order valence-electron chi connectivity index (χ3n) is 5.45. The number of likely N-dealkylation sites (tertiary alicyclic amines) is 1. The van der Waals surface area contributed by atoms with Gasteiger partial charge in [-0.05, 0) is 50.0 Å². The molecular weight excluding hydrogens is 347 g/mol. The highest BCUT2D eigenvalue weighted by Gasteiger charge is 2.30. The number of nitrogens with zero attached hydrogens (tertiary/aromatic N) is 3. The average molecular weight is 377 g/mol. The topological polar surface area (TPSA) is 64.2 Å². The first kappa shape index (κ1) is 21.3. The lowest BCUT2D eigenvalue weighted by Crippen LogP contribution is -2.40. The van der Waals surface area contributed by atoms with Crippen molar-refractivity contribution in [2.24, 2.45) is 11.7 Å². The molecule has 0 unspecified atom stereocenters. The van der Waals surface area contributed by atoms with Gasteiger partial charge in [0.2, 0.25) is 5.91 Å². The maximum Gasteiger partial charge on any atom is 0.222 e. The molecule has 2 N–H and O–H groups in total. The number of hydrogen-bond donors (Lipinski definition) is 1. The van der Waals surface area contributed by atoms with E-state index in [1.165, 1.54) is 12.0 Å². The summed E-state index contributed by atoms with van der Waals surface area (Å²) in [6.07, 6.45) is 10.3. The van der Waals surface area contributed by atoms with Crippen LogP contribution in [-0.2, 0) is 11.3 Å². The minimum Gasteiger partial charge on any atom is -0.343 e. The number of nitrogens with two attached hydrogens (primary N) is 1. The molecule has 2 fully saturated rings. The largest absolute Gasteiger partial charge is 0.343 e. The van der Waals surface area contributed by atoms with Crippen LogP contribution in [0.15, 0.2) is 12.4 Å². The van der Waals surface area contributed by atoms with Crippen molar-refractivity contribution in [1.82, 2.24) is 14.7 Å². The Balaban J connectivity index is 0.00000144. The van der Waals surface area contributed by atoms with E-state index >= 15 is 0 Å². The third kappa shape index (κ3) is 4.87. The molecular formula is C17H30Cl2N4O. The van der Waals surface area contributed by atoms with Crippen LogP contribution in [0.1, 0.15) is 56.9 Å². The summed E-state index contributed by atoms with van der Waals surface area (Å²) >= 11 is 0. The lowest BCUT2D eigenvalue weighted by atomic mass is 9.91. The van der Waals surface area contributed by atoms with Crippen LogP contribution in [0.25, 0.3) is 0 Å². The molecule has 138 valence electrons. The first-order chi connectivity index (χ1) is 10.7. The minimum absolute atomic E-state index is 0. The van der Waals surface area contributed by atoms with E-state index in [4.69, 9.17) is 5.73 Å². The quantitative estimate of drug-likeness (QED) is 0.878. The summed E-state index contributed by atoms with van der Waals surface area (Å²) in [6, 6.07) is 0.237. The molecule has 24 heavy (non-hydrogen) atoms. The van der Waals surface area contributed by atoms with Crippen molar-refractivity contribution < 1.29 is 4.79 Å². The Labute approximate surface area is 157 Å². The van der Waals surface area contributed by atoms with Gasteiger partial charge in [0.15, 0.2) is 0 Å². The summed E-state index contributed by atoms with van der Waals surface area (Å²) < 4.78 is 1.98. The van der Waals surface area contributed by atoms with E-state index in [1.807, 2.05) is 15.8 Å². The number of carbonyl (C=O) groups excluding carboxylic acids is 1. The van der Waals surface area contributed by atoms with E-state index in [2.05, 4.69) is 18.2 Å². The second-order valence-electron chi connectivity index (χ2n) is 6.84. The summed E-state index contributed by atoms with van der Waals surface area (Å²) in [7, 11) is 0. The van der Waals surface area contributed by atoms with Gasteiger partial charge in [-0.2, -0.15) is 5.10 Å². The van der Waals surface area contributed by atoms with Gasteiger partial charge in [0.1, 0.15) is 0 Å². The molecule has 5 nitrogen and oxygen atoms in total. The van der Waals surface area contributed by atoms with E-state index in [9.17, 15) is 4.79 Å². The number of aromatic nitrogens is 2. The zero-order valence-corrected chi connectivity index (χ0v) is 16.0. The van der Waals surface area contributed by atoms with Crippen molar-refractivity contribution in [3.63, 3.8) is 0 Å². The van der Waals surface area contributed by atoms with Gasteiger partial charge in [-0.15, -0.1) is 24.8 Å². The number of piperidine rings is 1. The maximum atomic E-state index is 12.4. The Morgan fingerprint density at radius 2 is 1.96 bits per heavy atom. The lowest BCUT2D eigenvalue weighted by molar-refractivity contribution is -0.133. The number of carbonyl (C=O) groups is 1. The number of hydrogen-bond acceptors (Lipinski definition) is 3. The number of halogens is 2. The highest BCUT2D eigenvalue weighted by atomic mass is 35.5. The van der Waals surface area contributed by atoms with Gasteiger partial charge in [0.05, 0.1) is 6.20 Å². The fourth-order valence-electron chi connectivity index (χ4n) is 3.90. The van der Waals surface area contributed by atoms with Crippen molar-refractivity contribution >= 4 is 30.7 Å². The Hall–Kier alpha value is -0.780. The van der Waals surface area contributed by atoms with Crippen molar-refractivity contribution in [2.75, 3.05) is 13.1 Å². The minimum atomic E-state index is 0. The zero-order valence-electron chi connectivity index (χ0n) is 14.4. The molecule has 3 rings (SSSR count). The molecule has 1 aromatic heterocycles. The summed E-state index contributed by atoms with van der Waals surface area (Å²) in [6.45, 7) is 4.77. The van der Waals surface area contributed by atoms with E-state index in [0.717, 1.165) is 45.3 Å². The lowest BCUT2D eigenvalue weighted by Gasteiger charge is -2.32. The monoisotopic (exact) mass is 376 g/mol. The fraction of sp³-hybridized carbons (Fsp3) is 0.765. The van der Waals surface area contributed by atoms with Crippen LogP contribution in [0.5, 0.6) is 0 Å². The average Bonchev–Trinajstić information content (AvgIpc) is 3.17. The molecule has 1 saturated carbocycles. The van der Waals surface area contributed by atoms with Crippen LogP contribution in [0.2, 0.25) is 0 Å². The van der Waals surface area contributed by atoms with Crippen LogP contribution < -0.4 is 5.73 Å². The van der Waals surface area contributed by atoms with Gasteiger partial charge in [0.25, 0.3) is 0 Å². The van der Waals surface area contributed by atoms with Crippen molar-refractivity contribution in [2.45, 2.75) is 64.0 Å². The number of amides is 1. The van der Waals surface area contributed by atoms with Gasteiger partial charge in [0, 0.05) is 38.3 Å². The molecule has 1 amide bonds. The smallest absolute Gasteiger partial charge is 0.222 e. The second kappa shape index (κ2) is 9.64. The van der Waals surface area contributed by atoms with Crippen LogP contribution in [-0.4, -0.2) is 39.7 Å². The predicted molar refractivity (Wildman–Crippen MR) is 101 cm³/mol. The molecule has 0 aromatic carbocycles. The molecule has 0 spiro atoms. The van der Waals surface area contributed by atoms with Crippen LogP contribution in [0.3, 0.4) is 0 Å². The molecule has 2 atom stereocenters. The molecule has 0 radical (unpaired) electrons. The standard InChI is InChI=1S/C17H28N4O.2ClH/c1-2-21-12-15(11-19-21)13-6-8-20(9-7-13)17(22)10-14-4-3-5-16(14)18;;/h11-14,16H,2-10,18H2,1H3;2*1H/t14-,16+;;/m0../s1. The molecule has 2 aliphatic rings. The maximum absolute atomic E-state index is 12.4. The molecule has 7 heteroatoms. The molecule has 0 bridgehead atoms. The van der Waals surface area contributed by atoms with Crippen LogP contribution >= 0.6 is 24.8 Å².